The molecule has 0 amide bonds. The predicted molar refractivity (Wildman–Crippen MR) is 118 cm³/mol. The van der Waals surface area contributed by atoms with Gasteiger partial charge >= 0.3 is 0 Å². The van der Waals surface area contributed by atoms with Gasteiger partial charge in [-0.25, -0.2) is 0 Å². The maximum Gasteiger partial charge on any atom is -0.00134 e. The molecule has 0 aromatic heterocycles. The molecule has 0 atom stereocenters. The second-order valence-corrected chi connectivity index (χ2v) is 7.88. The van der Waals surface area contributed by atoms with Crippen LogP contribution in [0.1, 0.15) is 60.9 Å². The van der Waals surface area contributed by atoms with E-state index in [-0.39, 0.29) is 0 Å². The minimum absolute atomic E-state index is 0.519. The number of allylic oxidation sites excluding steroid dienone is 1. The molecule has 27 heavy (non-hydrogen) atoms. The lowest BCUT2D eigenvalue weighted by Crippen LogP contribution is -1.99. The summed E-state index contributed by atoms with van der Waals surface area (Å²) in [4.78, 5) is 0. The van der Waals surface area contributed by atoms with E-state index in [0.29, 0.717) is 5.92 Å². The van der Waals surface area contributed by atoms with Gasteiger partial charge in [0.1, 0.15) is 0 Å². The first-order chi connectivity index (χ1) is 13.2. The first-order valence-corrected chi connectivity index (χ1v) is 10.2. The summed E-state index contributed by atoms with van der Waals surface area (Å²) < 4.78 is 0. The monoisotopic (exact) mass is 352 g/mol. The Bertz CT molecular complexity index is 974. The van der Waals surface area contributed by atoms with Crippen LogP contribution in [0.15, 0.2) is 66.7 Å². The minimum Gasteiger partial charge on any atom is -0.0651 e. The summed E-state index contributed by atoms with van der Waals surface area (Å²) in [6.07, 6.45) is 5.77. The molecule has 0 heteroatoms. The van der Waals surface area contributed by atoms with Crippen molar-refractivity contribution in [1.29, 1.82) is 0 Å². The van der Waals surface area contributed by atoms with Crippen LogP contribution in [-0.4, -0.2) is 0 Å². The fourth-order valence-corrected chi connectivity index (χ4v) is 4.32. The highest BCUT2D eigenvalue weighted by molar-refractivity contribution is 5.95. The quantitative estimate of drug-likeness (QED) is 0.445. The molecule has 0 radical (unpaired) electrons. The van der Waals surface area contributed by atoms with E-state index < -0.39 is 0 Å². The van der Waals surface area contributed by atoms with Gasteiger partial charge in [0.15, 0.2) is 0 Å². The third-order valence-corrected chi connectivity index (χ3v) is 5.64. The van der Waals surface area contributed by atoms with Crippen LogP contribution in [0, 0.1) is 0 Å². The van der Waals surface area contributed by atoms with E-state index in [1.165, 1.54) is 50.9 Å². The molecule has 0 unspecified atom stereocenters. The molecule has 0 aliphatic heterocycles. The molecule has 0 saturated carbocycles. The molecule has 1 aliphatic carbocycles. The molecular formula is C27H28. The van der Waals surface area contributed by atoms with Gasteiger partial charge in [0, 0.05) is 0 Å². The number of hydrogen-bond donors (Lipinski definition) is 0. The van der Waals surface area contributed by atoms with Crippen LogP contribution in [0.3, 0.4) is 0 Å². The molecule has 0 fully saturated rings. The van der Waals surface area contributed by atoms with Crippen LogP contribution in [-0.2, 0) is 12.8 Å². The predicted octanol–water partition coefficient (Wildman–Crippen LogP) is 7.53. The highest BCUT2D eigenvalue weighted by Gasteiger charge is 2.22. The van der Waals surface area contributed by atoms with Gasteiger partial charge in [-0.2, -0.15) is 0 Å². The van der Waals surface area contributed by atoms with Crippen molar-refractivity contribution >= 4 is 11.6 Å². The van der Waals surface area contributed by atoms with Gasteiger partial charge in [-0.3, -0.25) is 0 Å². The summed E-state index contributed by atoms with van der Waals surface area (Å²) >= 11 is 0. The van der Waals surface area contributed by atoms with Crippen molar-refractivity contribution < 1.29 is 0 Å². The molecule has 3 aromatic carbocycles. The summed E-state index contributed by atoms with van der Waals surface area (Å²) in [5.74, 6) is 0.519. The van der Waals surface area contributed by atoms with Crippen LogP contribution in [0.2, 0.25) is 0 Å². The standard InChI is InChI=1S/C27H28/c1-4-10-21-15-16-22-17-23(20-11-6-5-7-12-20)18-26(22)27(21)25-14-9-8-13-24(25)19(2)3/h5-9,11-16,18-19H,4,10,17H2,1-3H3. The molecule has 0 heterocycles. The molecule has 4 rings (SSSR count). The van der Waals surface area contributed by atoms with Crippen LogP contribution in [0.4, 0.5) is 0 Å². The molecule has 0 bridgehead atoms. The largest absolute Gasteiger partial charge is 0.0651 e. The Morgan fingerprint density at radius 3 is 2.33 bits per heavy atom. The molecule has 1 aliphatic rings. The lowest BCUT2D eigenvalue weighted by Gasteiger charge is -2.19. The molecule has 0 spiro atoms. The van der Waals surface area contributed by atoms with Crippen molar-refractivity contribution in [2.45, 2.75) is 46.0 Å². The molecule has 0 N–H and O–H groups in total. The van der Waals surface area contributed by atoms with Crippen molar-refractivity contribution in [1.82, 2.24) is 0 Å². The lowest BCUT2D eigenvalue weighted by atomic mass is 9.85. The average Bonchev–Trinajstić information content (AvgIpc) is 3.13. The Balaban J connectivity index is 1.92. The van der Waals surface area contributed by atoms with Crippen molar-refractivity contribution in [3.05, 3.63) is 94.5 Å². The second kappa shape index (κ2) is 7.56. The van der Waals surface area contributed by atoms with Crippen molar-refractivity contribution in [2.75, 3.05) is 0 Å². The van der Waals surface area contributed by atoms with E-state index in [1.54, 1.807) is 0 Å². The summed E-state index contributed by atoms with van der Waals surface area (Å²) in [5, 5.41) is 0. The number of aryl methyl sites for hydroxylation is 1. The Morgan fingerprint density at radius 2 is 1.59 bits per heavy atom. The van der Waals surface area contributed by atoms with Crippen LogP contribution in [0.5, 0.6) is 0 Å². The number of hydrogen-bond acceptors (Lipinski definition) is 0. The van der Waals surface area contributed by atoms with Crippen molar-refractivity contribution in [3.8, 4) is 11.1 Å². The van der Waals surface area contributed by atoms with Crippen LogP contribution < -0.4 is 0 Å². The fraction of sp³-hybridized carbons (Fsp3) is 0.259. The third-order valence-electron chi connectivity index (χ3n) is 5.64. The van der Waals surface area contributed by atoms with E-state index in [9.17, 15) is 0 Å². The lowest BCUT2D eigenvalue weighted by molar-refractivity contribution is 0.867. The third kappa shape index (κ3) is 3.37. The van der Waals surface area contributed by atoms with Gasteiger partial charge in [-0.05, 0) is 69.4 Å². The van der Waals surface area contributed by atoms with Crippen LogP contribution in [0.25, 0.3) is 22.8 Å². The number of benzene rings is 3. The SMILES string of the molecule is CCCc1ccc2c(c1-c1ccccc1C(C)C)C=C(c1ccccc1)C2. The first-order valence-electron chi connectivity index (χ1n) is 10.2. The zero-order valence-corrected chi connectivity index (χ0v) is 16.6. The maximum absolute atomic E-state index is 2.44. The fourth-order valence-electron chi connectivity index (χ4n) is 4.32. The molecule has 0 nitrogen and oxygen atoms in total. The molecular weight excluding hydrogens is 324 g/mol. The van der Waals surface area contributed by atoms with E-state index in [2.05, 4.69) is 93.6 Å². The number of rotatable bonds is 5. The topological polar surface area (TPSA) is 0 Å². The second-order valence-electron chi connectivity index (χ2n) is 7.88. The summed E-state index contributed by atoms with van der Waals surface area (Å²) in [6, 6.07) is 24.5. The molecule has 136 valence electrons. The van der Waals surface area contributed by atoms with Gasteiger partial charge in [0.25, 0.3) is 0 Å². The zero-order chi connectivity index (χ0) is 18.8. The highest BCUT2D eigenvalue weighted by atomic mass is 14.3. The summed E-state index contributed by atoms with van der Waals surface area (Å²) in [7, 11) is 0. The van der Waals surface area contributed by atoms with Gasteiger partial charge in [-0.15, -0.1) is 0 Å². The first kappa shape index (κ1) is 17.8. The zero-order valence-electron chi connectivity index (χ0n) is 16.6. The summed E-state index contributed by atoms with van der Waals surface area (Å²) in [6.45, 7) is 6.87. The van der Waals surface area contributed by atoms with E-state index in [0.717, 1.165) is 12.8 Å². The Kier molecular flexibility index (Phi) is 4.99. The Hall–Kier alpha value is -2.60. The van der Waals surface area contributed by atoms with Crippen LogP contribution >= 0.6 is 0 Å². The molecule has 0 saturated heterocycles. The van der Waals surface area contributed by atoms with Gasteiger partial charge in [0.2, 0.25) is 0 Å². The number of fused-ring (bicyclic) bond motifs is 1. The van der Waals surface area contributed by atoms with E-state index >= 15 is 0 Å². The Labute approximate surface area is 163 Å². The van der Waals surface area contributed by atoms with E-state index in [1.807, 2.05) is 0 Å². The van der Waals surface area contributed by atoms with Gasteiger partial charge in [0.05, 0.1) is 0 Å². The average molecular weight is 353 g/mol. The van der Waals surface area contributed by atoms with Gasteiger partial charge < -0.3 is 0 Å². The van der Waals surface area contributed by atoms with Gasteiger partial charge in [-0.1, -0.05) is 93.9 Å². The summed E-state index contributed by atoms with van der Waals surface area (Å²) in [5.41, 5.74) is 11.5. The smallest absolute Gasteiger partial charge is 0.00134 e. The van der Waals surface area contributed by atoms with Crippen molar-refractivity contribution in [3.63, 3.8) is 0 Å². The minimum atomic E-state index is 0.519. The van der Waals surface area contributed by atoms with Crippen molar-refractivity contribution in [2.24, 2.45) is 0 Å². The van der Waals surface area contributed by atoms with E-state index in [4.69, 9.17) is 0 Å². The normalized spacial score (nSPS) is 13.0. The molecule has 3 aromatic rings. The highest BCUT2D eigenvalue weighted by Crippen LogP contribution is 2.42. The Morgan fingerprint density at radius 1 is 0.852 bits per heavy atom. The maximum atomic E-state index is 2.44.